The quantitative estimate of drug-likeness (QED) is 0.692. The molecule has 114 valence electrons. The van der Waals surface area contributed by atoms with Crippen LogP contribution >= 0.6 is 11.3 Å². The van der Waals surface area contributed by atoms with Crippen molar-refractivity contribution in [1.29, 1.82) is 0 Å². The molecular weight excluding hydrogens is 306 g/mol. The molecule has 0 unspecified atom stereocenters. The third kappa shape index (κ3) is 3.70. The molecular formula is C15H13NO5S. The first-order valence-corrected chi connectivity index (χ1v) is 7.15. The molecule has 0 aliphatic rings. The van der Waals surface area contributed by atoms with E-state index in [-0.39, 0.29) is 5.75 Å². The second kappa shape index (κ2) is 6.86. The number of hydrogen-bond donors (Lipinski definition) is 1. The zero-order chi connectivity index (χ0) is 16.1. The van der Waals surface area contributed by atoms with Crippen molar-refractivity contribution in [2.75, 3.05) is 12.4 Å². The van der Waals surface area contributed by atoms with Gasteiger partial charge in [-0.15, -0.1) is 11.3 Å². The number of methoxy groups -OCH3 is 1. The third-order valence-electron chi connectivity index (χ3n) is 2.64. The number of ether oxygens (including phenoxy) is 2. The van der Waals surface area contributed by atoms with Gasteiger partial charge in [0.2, 0.25) is 0 Å². The number of carbonyl (C=O) groups is 3. The molecule has 0 aliphatic carbocycles. The van der Waals surface area contributed by atoms with E-state index in [1.54, 1.807) is 29.6 Å². The molecule has 0 saturated heterocycles. The van der Waals surface area contributed by atoms with Crippen molar-refractivity contribution in [3.05, 3.63) is 46.2 Å². The first-order chi connectivity index (χ1) is 10.5. The van der Waals surface area contributed by atoms with Gasteiger partial charge >= 0.3 is 11.9 Å². The minimum Gasteiger partial charge on any atom is -0.465 e. The van der Waals surface area contributed by atoms with E-state index in [1.165, 1.54) is 31.4 Å². The molecule has 2 aromatic rings. The van der Waals surface area contributed by atoms with Crippen LogP contribution in [0.1, 0.15) is 27.0 Å². The molecule has 0 aliphatic heterocycles. The van der Waals surface area contributed by atoms with Gasteiger partial charge in [0.15, 0.2) is 0 Å². The summed E-state index contributed by atoms with van der Waals surface area (Å²) in [5.74, 6) is -1.13. The fourth-order valence-corrected chi connectivity index (χ4v) is 2.49. The summed E-state index contributed by atoms with van der Waals surface area (Å²) in [5.41, 5.74) is 0.681. The second-order valence-corrected chi connectivity index (χ2v) is 5.15. The molecule has 0 saturated carbocycles. The molecule has 1 amide bonds. The lowest BCUT2D eigenvalue weighted by Gasteiger charge is -2.07. The highest BCUT2D eigenvalue weighted by Gasteiger charge is 2.16. The Hall–Kier alpha value is -2.67. The summed E-state index contributed by atoms with van der Waals surface area (Å²) in [4.78, 5) is 35.0. The summed E-state index contributed by atoms with van der Waals surface area (Å²) in [7, 11) is 1.27. The predicted molar refractivity (Wildman–Crippen MR) is 81.4 cm³/mol. The molecule has 22 heavy (non-hydrogen) atoms. The number of thiophene rings is 1. The lowest BCUT2D eigenvalue weighted by molar-refractivity contribution is -0.131. The topological polar surface area (TPSA) is 81.7 Å². The number of nitrogens with one attached hydrogen (secondary N) is 1. The Morgan fingerprint density at radius 3 is 2.64 bits per heavy atom. The lowest BCUT2D eigenvalue weighted by Crippen LogP contribution is -2.14. The van der Waals surface area contributed by atoms with Crippen LogP contribution in [0.25, 0.3) is 0 Å². The number of benzene rings is 1. The summed E-state index contributed by atoms with van der Waals surface area (Å²) in [6.45, 7) is 1.28. The molecule has 0 atom stereocenters. The highest BCUT2D eigenvalue weighted by Crippen LogP contribution is 2.24. The van der Waals surface area contributed by atoms with E-state index in [2.05, 4.69) is 10.1 Å². The monoisotopic (exact) mass is 319 g/mol. The van der Waals surface area contributed by atoms with Crippen LogP contribution in [0.5, 0.6) is 5.75 Å². The average Bonchev–Trinajstić information content (AvgIpc) is 2.94. The van der Waals surface area contributed by atoms with E-state index in [0.717, 1.165) is 0 Å². The molecule has 1 aromatic carbocycles. The van der Waals surface area contributed by atoms with E-state index in [4.69, 9.17) is 4.74 Å². The normalized spacial score (nSPS) is 9.91. The number of anilines is 1. The number of carbonyl (C=O) groups excluding carboxylic acids is 3. The van der Waals surface area contributed by atoms with Gasteiger partial charge < -0.3 is 14.8 Å². The Bertz CT molecular complexity index is 722. The Balaban J connectivity index is 2.18. The van der Waals surface area contributed by atoms with Crippen molar-refractivity contribution in [1.82, 2.24) is 0 Å². The van der Waals surface area contributed by atoms with Crippen LogP contribution < -0.4 is 10.1 Å². The van der Waals surface area contributed by atoms with Gasteiger partial charge in [-0.3, -0.25) is 9.59 Å². The van der Waals surface area contributed by atoms with Gasteiger partial charge in [0, 0.05) is 12.5 Å². The van der Waals surface area contributed by atoms with Crippen molar-refractivity contribution >= 4 is 34.9 Å². The minimum atomic E-state index is -0.515. The van der Waals surface area contributed by atoms with Gasteiger partial charge in [0.1, 0.15) is 10.6 Å². The second-order valence-electron chi connectivity index (χ2n) is 4.23. The first-order valence-electron chi connectivity index (χ1n) is 6.27. The summed E-state index contributed by atoms with van der Waals surface area (Å²) in [6.07, 6.45) is 0. The van der Waals surface area contributed by atoms with Crippen LogP contribution in [0.15, 0.2) is 35.7 Å². The summed E-state index contributed by atoms with van der Waals surface area (Å²) >= 11 is 1.17. The smallest absolute Gasteiger partial charge is 0.350 e. The fourth-order valence-electron chi connectivity index (χ4n) is 1.72. The Labute approximate surface area is 130 Å². The minimum absolute atomic E-state index is 0.277. The first kappa shape index (κ1) is 15.7. The standard InChI is InChI=1S/C15H13NO5S/c1-9(17)21-11-5-3-4-10(8-11)14(18)16-12-6-7-22-13(12)15(19)20-2/h3-8H,1-2H3,(H,16,18). The molecule has 7 heteroatoms. The van der Waals surface area contributed by atoms with E-state index >= 15 is 0 Å². The van der Waals surface area contributed by atoms with Gasteiger partial charge in [-0.1, -0.05) is 6.07 Å². The number of hydrogen-bond acceptors (Lipinski definition) is 6. The van der Waals surface area contributed by atoms with Gasteiger partial charge in [-0.2, -0.15) is 0 Å². The predicted octanol–water partition coefficient (Wildman–Crippen LogP) is 2.71. The van der Waals surface area contributed by atoms with Crippen molar-refractivity contribution in [3.63, 3.8) is 0 Å². The molecule has 0 radical (unpaired) electrons. The maximum Gasteiger partial charge on any atom is 0.350 e. The van der Waals surface area contributed by atoms with Crippen molar-refractivity contribution in [3.8, 4) is 5.75 Å². The lowest BCUT2D eigenvalue weighted by atomic mass is 10.2. The number of rotatable bonds is 4. The summed E-state index contributed by atoms with van der Waals surface area (Å²) < 4.78 is 9.58. The zero-order valence-electron chi connectivity index (χ0n) is 11.9. The fraction of sp³-hybridized carbons (Fsp3) is 0.133. The molecule has 2 rings (SSSR count). The van der Waals surface area contributed by atoms with Gasteiger partial charge in [0.25, 0.3) is 5.91 Å². The van der Waals surface area contributed by atoms with Crippen LogP contribution in [0, 0.1) is 0 Å². The Kier molecular flexibility index (Phi) is 4.90. The molecule has 0 fully saturated rings. The van der Waals surface area contributed by atoms with Crippen LogP contribution in [0.3, 0.4) is 0 Å². The molecule has 1 heterocycles. The van der Waals surface area contributed by atoms with Gasteiger partial charge in [-0.25, -0.2) is 4.79 Å². The molecule has 0 bridgehead atoms. The molecule has 0 spiro atoms. The van der Waals surface area contributed by atoms with Crippen molar-refractivity contribution in [2.24, 2.45) is 0 Å². The van der Waals surface area contributed by atoms with Gasteiger partial charge in [0.05, 0.1) is 12.8 Å². The largest absolute Gasteiger partial charge is 0.465 e. The maximum atomic E-state index is 12.2. The Morgan fingerprint density at radius 2 is 1.95 bits per heavy atom. The highest BCUT2D eigenvalue weighted by atomic mass is 32.1. The summed E-state index contributed by atoms with van der Waals surface area (Å²) in [6, 6.07) is 7.81. The molecule has 1 aromatic heterocycles. The van der Waals surface area contributed by atoms with E-state index < -0.39 is 17.8 Å². The van der Waals surface area contributed by atoms with Crippen LogP contribution in [-0.4, -0.2) is 25.0 Å². The third-order valence-corrected chi connectivity index (χ3v) is 3.54. The molecule has 1 N–H and O–H groups in total. The van der Waals surface area contributed by atoms with Crippen LogP contribution in [-0.2, 0) is 9.53 Å². The van der Waals surface area contributed by atoms with E-state index in [0.29, 0.717) is 16.1 Å². The SMILES string of the molecule is COC(=O)c1sccc1NC(=O)c1cccc(OC(C)=O)c1. The van der Waals surface area contributed by atoms with Crippen LogP contribution in [0.4, 0.5) is 5.69 Å². The molecule has 6 nitrogen and oxygen atoms in total. The summed E-state index contributed by atoms with van der Waals surface area (Å²) in [5, 5.41) is 4.31. The number of esters is 2. The maximum absolute atomic E-state index is 12.2. The Morgan fingerprint density at radius 1 is 1.18 bits per heavy atom. The van der Waals surface area contributed by atoms with Crippen LogP contribution in [0.2, 0.25) is 0 Å². The van der Waals surface area contributed by atoms with Gasteiger partial charge in [-0.05, 0) is 29.6 Å². The zero-order valence-corrected chi connectivity index (χ0v) is 12.7. The highest BCUT2D eigenvalue weighted by molar-refractivity contribution is 7.12. The van der Waals surface area contributed by atoms with E-state index in [9.17, 15) is 14.4 Å². The average molecular weight is 319 g/mol. The van der Waals surface area contributed by atoms with Crippen molar-refractivity contribution in [2.45, 2.75) is 6.92 Å². The number of amides is 1. The van der Waals surface area contributed by atoms with Crippen molar-refractivity contribution < 1.29 is 23.9 Å². The van der Waals surface area contributed by atoms with E-state index in [1.807, 2.05) is 0 Å².